The average Bonchev–Trinajstić information content (AvgIpc) is 2.61. The second-order valence-corrected chi connectivity index (χ2v) is 8.84. The minimum absolute atomic E-state index is 0.191. The fourth-order valence-corrected chi connectivity index (χ4v) is 3.81. The number of sulfonamides is 1. The van der Waals surface area contributed by atoms with Crippen LogP contribution in [0, 0.1) is 6.92 Å². The first kappa shape index (κ1) is 19.4. The molecule has 0 saturated carbocycles. The Balaban J connectivity index is 1.60. The number of fused-ring (bicyclic) bond motifs is 1. The van der Waals surface area contributed by atoms with Crippen LogP contribution in [0.4, 0.5) is 11.4 Å². The molecule has 1 amide bonds. The number of amides is 1. The maximum atomic E-state index is 12.2. The summed E-state index contributed by atoms with van der Waals surface area (Å²) < 4.78 is 36.3. The molecule has 1 aliphatic rings. The third-order valence-corrected chi connectivity index (χ3v) is 5.28. The number of ether oxygens (including phenoxy) is 2. The van der Waals surface area contributed by atoms with Gasteiger partial charge in [-0.1, -0.05) is 6.07 Å². The molecule has 1 aliphatic heterocycles. The van der Waals surface area contributed by atoms with Gasteiger partial charge in [0.15, 0.2) is 11.5 Å². The first-order valence-electron chi connectivity index (χ1n) is 8.21. The summed E-state index contributed by atoms with van der Waals surface area (Å²) in [5, 5.41) is 2.78. The van der Waals surface area contributed by atoms with E-state index in [1.54, 1.807) is 25.1 Å². The predicted octanol–water partition coefficient (Wildman–Crippen LogP) is 2.87. The topological polar surface area (TPSA) is 93.7 Å². The zero-order chi connectivity index (χ0) is 19.4. The first-order valence-corrected chi connectivity index (χ1v) is 11.1. The molecule has 0 spiro atoms. The SMILES string of the molecule is Cc1ccc(NC(=O)CSc2ccc3c(c2)OCCO3)cc1NS(C)(=O)=O. The van der Waals surface area contributed by atoms with Gasteiger partial charge in [0, 0.05) is 10.6 Å². The van der Waals surface area contributed by atoms with Crippen LogP contribution in [-0.4, -0.2) is 39.5 Å². The van der Waals surface area contributed by atoms with Crippen molar-refractivity contribution >= 4 is 39.1 Å². The number of carbonyl (C=O) groups is 1. The van der Waals surface area contributed by atoms with Crippen molar-refractivity contribution in [2.24, 2.45) is 0 Å². The Morgan fingerprint density at radius 2 is 1.85 bits per heavy atom. The molecule has 0 bridgehead atoms. The number of benzene rings is 2. The zero-order valence-electron chi connectivity index (χ0n) is 14.9. The van der Waals surface area contributed by atoms with Gasteiger partial charge in [-0.3, -0.25) is 9.52 Å². The van der Waals surface area contributed by atoms with Gasteiger partial charge in [-0.15, -0.1) is 11.8 Å². The van der Waals surface area contributed by atoms with E-state index in [1.165, 1.54) is 11.8 Å². The van der Waals surface area contributed by atoms with Gasteiger partial charge in [0.1, 0.15) is 13.2 Å². The molecular weight excluding hydrogens is 388 g/mol. The highest BCUT2D eigenvalue weighted by molar-refractivity contribution is 8.00. The second-order valence-electron chi connectivity index (χ2n) is 6.05. The largest absolute Gasteiger partial charge is 0.486 e. The van der Waals surface area contributed by atoms with Crippen LogP contribution < -0.4 is 19.5 Å². The highest BCUT2D eigenvalue weighted by Crippen LogP contribution is 2.34. The lowest BCUT2D eigenvalue weighted by Gasteiger charge is -2.18. The van der Waals surface area contributed by atoms with Crippen molar-refractivity contribution in [3.8, 4) is 11.5 Å². The van der Waals surface area contributed by atoms with Crippen molar-refractivity contribution in [3.05, 3.63) is 42.0 Å². The number of carbonyl (C=O) groups excluding carboxylic acids is 1. The highest BCUT2D eigenvalue weighted by Gasteiger charge is 2.13. The summed E-state index contributed by atoms with van der Waals surface area (Å²) in [6.45, 7) is 2.84. The number of rotatable bonds is 6. The molecule has 2 aromatic carbocycles. The van der Waals surface area contributed by atoms with Gasteiger partial charge in [-0.25, -0.2) is 8.42 Å². The third kappa shape index (κ3) is 5.54. The molecule has 0 radical (unpaired) electrons. The number of thioether (sulfide) groups is 1. The third-order valence-electron chi connectivity index (χ3n) is 3.70. The molecular formula is C18H20N2O5S2. The summed E-state index contributed by atoms with van der Waals surface area (Å²) in [4.78, 5) is 13.1. The van der Waals surface area contributed by atoms with E-state index in [9.17, 15) is 13.2 Å². The second kappa shape index (κ2) is 8.10. The molecule has 0 unspecified atom stereocenters. The molecule has 27 heavy (non-hydrogen) atoms. The van der Waals surface area contributed by atoms with E-state index < -0.39 is 10.0 Å². The maximum Gasteiger partial charge on any atom is 0.234 e. The van der Waals surface area contributed by atoms with Gasteiger partial charge in [0.05, 0.1) is 17.7 Å². The zero-order valence-corrected chi connectivity index (χ0v) is 16.6. The molecule has 0 fully saturated rings. The van der Waals surface area contributed by atoms with E-state index in [-0.39, 0.29) is 11.7 Å². The number of aryl methyl sites for hydroxylation is 1. The average molecular weight is 409 g/mol. The number of hydrogen-bond donors (Lipinski definition) is 2. The van der Waals surface area contributed by atoms with Crippen LogP contribution in [-0.2, 0) is 14.8 Å². The molecule has 0 aromatic heterocycles. The van der Waals surface area contributed by atoms with Gasteiger partial charge < -0.3 is 14.8 Å². The fourth-order valence-electron chi connectivity index (χ4n) is 2.47. The number of nitrogens with one attached hydrogen (secondary N) is 2. The van der Waals surface area contributed by atoms with Crippen LogP contribution in [0.5, 0.6) is 11.5 Å². The smallest absolute Gasteiger partial charge is 0.234 e. The standard InChI is InChI=1S/C18H20N2O5S2/c1-12-3-4-13(9-15(12)20-27(2,22)23)19-18(21)11-26-14-5-6-16-17(10-14)25-8-7-24-16/h3-6,9-10,20H,7-8,11H2,1-2H3,(H,19,21). The summed E-state index contributed by atoms with van der Waals surface area (Å²) in [5.74, 6) is 1.41. The first-order chi connectivity index (χ1) is 12.8. The van der Waals surface area contributed by atoms with Crippen LogP contribution in [0.3, 0.4) is 0 Å². The normalized spacial score (nSPS) is 13.1. The molecule has 9 heteroatoms. The van der Waals surface area contributed by atoms with Crippen molar-refractivity contribution in [2.45, 2.75) is 11.8 Å². The minimum atomic E-state index is -3.39. The monoisotopic (exact) mass is 408 g/mol. The Bertz CT molecular complexity index is 960. The lowest BCUT2D eigenvalue weighted by atomic mass is 10.2. The highest BCUT2D eigenvalue weighted by atomic mass is 32.2. The molecule has 3 rings (SSSR count). The Kier molecular flexibility index (Phi) is 5.81. The molecule has 2 N–H and O–H groups in total. The van der Waals surface area contributed by atoms with Crippen LogP contribution in [0.2, 0.25) is 0 Å². The molecule has 2 aromatic rings. The van der Waals surface area contributed by atoms with Crippen molar-refractivity contribution < 1.29 is 22.7 Å². The van der Waals surface area contributed by atoms with Crippen LogP contribution in [0.25, 0.3) is 0 Å². The molecule has 0 atom stereocenters. The van der Waals surface area contributed by atoms with Gasteiger partial charge in [0.25, 0.3) is 0 Å². The van der Waals surface area contributed by atoms with Gasteiger partial charge in [-0.05, 0) is 42.8 Å². The maximum absolute atomic E-state index is 12.2. The van der Waals surface area contributed by atoms with Crippen molar-refractivity contribution in [2.75, 3.05) is 35.3 Å². The van der Waals surface area contributed by atoms with Crippen molar-refractivity contribution in [1.29, 1.82) is 0 Å². The van der Waals surface area contributed by atoms with Crippen LogP contribution in [0.15, 0.2) is 41.3 Å². The van der Waals surface area contributed by atoms with Gasteiger partial charge >= 0.3 is 0 Å². The Morgan fingerprint density at radius 1 is 1.11 bits per heavy atom. The summed E-state index contributed by atoms with van der Waals surface area (Å²) in [6, 6.07) is 10.6. The van der Waals surface area contributed by atoms with Gasteiger partial charge in [0.2, 0.25) is 15.9 Å². The lowest BCUT2D eigenvalue weighted by Crippen LogP contribution is -2.16. The summed E-state index contributed by atoms with van der Waals surface area (Å²) in [5.41, 5.74) is 1.73. The molecule has 144 valence electrons. The molecule has 0 aliphatic carbocycles. The summed E-state index contributed by atoms with van der Waals surface area (Å²) in [7, 11) is -3.39. The van der Waals surface area contributed by atoms with E-state index in [2.05, 4.69) is 10.0 Å². The van der Waals surface area contributed by atoms with Gasteiger partial charge in [-0.2, -0.15) is 0 Å². The molecule has 0 saturated heterocycles. The van der Waals surface area contributed by atoms with Crippen molar-refractivity contribution in [1.82, 2.24) is 0 Å². The van der Waals surface area contributed by atoms with E-state index >= 15 is 0 Å². The fraction of sp³-hybridized carbons (Fsp3) is 0.278. The van der Waals surface area contributed by atoms with Crippen molar-refractivity contribution in [3.63, 3.8) is 0 Å². The van der Waals surface area contributed by atoms with Crippen LogP contribution >= 0.6 is 11.8 Å². The van der Waals surface area contributed by atoms with E-state index in [0.29, 0.717) is 36.1 Å². The van der Waals surface area contributed by atoms with E-state index in [1.807, 2.05) is 18.2 Å². The predicted molar refractivity (Wildman–Crippen MR) is 106 cm³/mol. The molecule has 7 nitrogen and oxygen atoms in total. The van der Waals surface area contributed by atoms with Crippen LogP contribution in [0.1, 0.15) is 5.56 Å². The lowest BCUT2D eigenvalue weighted by molar-refractivity contribution is -0.113. The molecule has 1 heterocycles. The Labute approximate surface area is 162 Å². The Hall–Kier alpha value is -2.39. The number of anilines is 2. The summed E-state index contributed by atoms with van der Waals surface area (Å²) >= 11 is 1.38. The quantitative estimate of drug-likeness (QED) is 0.714. The summed E-state index contributed by atoms with van der Waals surface area (Å²) in [6.07, 6.45) is 1.08. The minimum Gasteiger partial charge on any atom is -0.486 e. The van der Waals surface area contributed by atoms with E-state index in [4.69, 9.17) is 9.47 Å². The van der Waals surface area contributed by atoms with E-state index in [0.717, 1.165) is 16.7 Å². The Morgan fingerprint density at radius 3 is 2.59 bits per heavy atom. The number of hydrogen-bond acceptors (Lipinski definition) is 6.